The molecule has 34 heavy (non-hydrogen) atoms. The number of amides is 1. The molecule has 4 nitrogen and oxygen atoms in total. The van der Waals surface area contributed by atoms with Crippen LogP contribution in [0.15, 0.2) is 103 Å². The van der Waals surface area contributed by atoms with E-state index in [4.69, 9.17) is 5.10 Å². The van der Waals surface area contributed by atoms with Gasteiger partial charge >= 0.3 is 6.18 Å². The van der Waals surface area contributed by atoms with Gasteiger partial charge in [0, 0.05) is 22.2 Å². The Morgan fingerprint density at radius 2 is 1.50 bits per heavy atom. The van der Waals surface area contributed by atoms with Crippen molar-refractivity contribution >= 4 is 22.5 Å². The normalized spacial score (nSPS) is 11.5. The number of hydrogen-bond donors (Lipinski definition) is 1. The molecular weight excluding hydrogens is 439 g/mol. The Morgan fingerprint density at radius 3 is 2.29 bits per heavy atom. The van der Waals surface area contributed by atoms with Crippen LogP contribution in [0.1, 0.15) is 15.9 Å². The fourth-order valence-electron chi connectivity index (χ4n) is 3.89. The number of para-hydroxylation sites is 2. The average Bonchev–Trinajstić information content (AvgIpc) is 3.24. The summed E-state index contributed by atoms with van der Waals surface area (Å²) in [7, 11) is 0. The second-order valence-electron chi connectivity index (χ2n) is 7.69. The summed E-state index contributed by atoms with van der Waals surface area (Å²) < 4.78 is 41.1. The number of carbonyl (C=O) groups excluding carboxylic acids is 1. The van der Waals surface area contributed by atoms with E-state index in [9.17, 15) is 18.0 Å². The van der Waals surface area contributed by atoms with Crippen molar-refractivity contribution in [3.05, 3.63) is 114 Å². The molecule has 5 aromatic rings. The van der Waals surface area contributed by atoms with Crippen LogP contribution in [0, 0.1) is 0 Å². The van der Waals surface area contributed by atoms with E-state index in [0.717, 1.165) is 28.7 Å². The first-order chi connectivity index (χ1) is 16.4. The highest BCUT2D eigenvalue weighted by atomic mass is 19.4. The van der Waals surface area contributed by atoms with Gasteiger partial charge in [0.05, 0.1) is 16.8 Å². The minimum Gasteiger partial charge on any atom is -0.322 e. The Morgan fingerprint density at radius 1 is 0.794 bits per heavy atom. The van der Waals surface area contributed by atoms with E-state index in [-0.39, 0.29) is 5.69 Å². The third-order valence-corrected chi connectivity index (χ3v) is 5.46. The predicted octanol–water partition coefficient (Wildman–Crippen LogP) is 6.96. The molecule has 0 atom stereocenters. The van der Waals surface area contributed by atoms with Crippen LogP contribution >= 0.6 is 0 Å². The highest BCUT2D eigenvalue weighted by Gasteiger charge is 2.30. The maximum atomic E-state index is 13.2. The molecule has 0 unspecified atom stereocenters. The quantitative estimate of drug-likeness (QED) is 0.317. The fourth-order valence-corrected chi connectivity index (χ4v) is 3.89. The van der Waals surface area contributed by atoms with E-state index in [1.807, 2.05) is 59.3 Å². The smallest absolute Gasteiger partial charge is 0.322 e. The third kappa shape index (κ3) is 4.03. The van der Waals surface area contributed by atoms with E-state index in [1.54, 1.807) is 24.3 Å². The van der Waals surface area contributed by atoms with Crippen molar-refractivity contribution in [2.75, 3.05) is 5.32 Å². The Kier molecular flexibility index (Phi) is 5.37. The summed E-state index contributed by atoms with van der Waals surface area (Å²) in [5, 5.41) is 8.26. The summed E-state index contributed by atoms with van der Waals surface area (Å²) in [5.41, 5.74) is 2.48. The van der Waals surface area contributed by atoms with Crippen molar-refractivity contribution < 1.29 is 18.0 Å². The van der Waals surface area contributed by atoms with Crippen LogP contribution in [0.5, 0.6) is 0 Å². The number of rotatable bonds is 4. The molecule has 0 aliphatic rings. The summed E-state index contributed by atoms with van der Waals surface area (Å²) in [6, 6.07) is 28.8. The van der Waals surface area contributed by atoms with Crippen LogP contribution in [0.25, 0.3) is 27.8 Å². The number of benzene rings is 4. The molecule has 1 N–H and O–H groups in total. The lowest BCUT2D eigenvalue weighted by Gasteiger charge is -2.11. The number of nitrogens with zero attached hydrogens (tertiary/aromatic N) is 2. The second-order valence-corrected chi connectivity index (χ2v) is 7.69. The summed E-state index contributed by atoms with van der Waals surface area (Å²) in [5.74, 6) is -0.520. The summed E-state index contributed by atoms with van der Waals surface area (Å²) in [4.78, 5) is 13.2. The molecule has 4 aromatic carbocycles. The maximum Gasteiger partial charge on any atom is 0.416 e. The fraction of sp³-hybridized carbons (Fsp3) is 0.0370. The Labute approximate surface area is 193 Å². The third-order valence-electron chi connectivity index (χ3n) is 5.46. The molecule has 1 aromatic heterocycles. The molecule has 5 rings (SSSR count). The van der Waals surface area contributed by atoms with Crippen LogP contribution in [-0.4, -0.2) is 15.7 Å². The van der Waals surface area contributed by atoms with Crippen molar-refractivity contribution in [1.29, 1.82) is 0 Å². The molecule has 168 valence electrons. The first-order valence-electron chi connectivity index (χ1n) is 10.5. The van der Waals surface area contributed by atoms with E-state index < -0.39 is 17.6 Å². The molecular formula is C27H18F3N3O. The molecule has 0 aliphatic heterocycles. The van der Waals surface area contributed by atoms with Gasteiger partial charge in [0.25, 0.3) is 5.91 Å². The average molecular weight is 457 g/mol. The lowest BCUT2D eigenvalue weighted by Crippen LogP contribution is -2.14. The Balaban J connectivity index is 1.58. The van der Waals surface area contributed by atoms with Gasteiger partial charge in [-0.25, -0.2) is 4.68 Å². The van der Waals surface area contributed by atoms with Crippen molar-refractivity contribution in [2.45, 2.75) is 6.18 Å². The number of halogens is 3. The maximum absolute atomic E-state index is 13.2. The van der Waals surface area contributed by atoms with Gasteiger partial charge in [-0.2, -0.15) is 18.3 Å². The molecule has 0 saturated heterocycles. The summed E-state index contributed by atoms with van der Waals surface area (Å²) in [6.07, 6.45) is -4.50. The second kappa shape index (κ2) is 8.51. The Hall–Kier alpha value is -4.39. The van der Waals surface area contributed by atoms with Crippen molar-refractivity contribution in [1.82, 2.24) is 9.78 Å². The monoisotopic (exact) mass is 457 g/mol. The molecule has 0 aliphatic carbocycles. The topological polar surface area (TPSA) is 46.9 Å². The number of carbonyl (C=O) groups is 1. The number of aromatic nitrogens is 2. The lowest BCUT2D eigenvalue weighted by molar-refractivity contribution is -0.137. The van der Waals surface area contributed by atoms with Crippen LogP contribution in [0.3, 0.4) is 0 Å². The van der Waals surface area contributed by atoms with E-state index in [1.165, 1.54) is 12.1 Å². The highest BCUT2D eigenvalue weighted by Crippen LogP contribution is 2.33. The van der Waals surface area contributed by atoms with Gasteiger partial charge in [0.15, 0.2) is 0 Å². The van der Waals surface area contributed by atoms with Gasteiger partial charge in [0.2, 0.25) is 0 Å². The van der Waals surface area contributed by atoms with Gasteiger partial charge in [0.1, 0.15) is 5.69 Å². The zero-order chi connectivity index (χ0) is 23.7. The minimum atomic E-state index is -4.50. The minimum absolute atomic E-state index is 0.0642. The largest absolute Gasteiger partial charge is 0.416 e. The molecule has 0 saturated carbocycles. The van der Waals surface area contributed by atoms with Crippen molar-refractivity contribution in [3.63, 3.8) is 0 Å². The van der Waals surface area contributed by atoms with Crippen LogP contribution in [0.2, 0.25) is 0 Å². The Bertz CT molecular complexity index is 1490. The first kappa shape index (κ1) is 21.5. The van der Waals surface area contributed by atoms with Gasteiger partial charge in [-0.15, -0.1) is 0 Å². The SMILES string of the molecule is O=C(Nc1cccc(C(F)(F)F)c1)c1ccccc1-c1nn(-c2ccccc2)c2ccccc12. The first-order valence-corrected chi connectivity index (χ1v) is 10.5. The number of fused-ring (bicyclic) bond motifs is 1. The summed E-state index contributed by atoms with van der Waals surface area (Å²) in [6.45, 7) is 0. The standard InChI is InChI=1S/C27H18F3N3O/c28-27(29,30)18-9-8-10-19(17-18)31-26(34)22-14-5-4-13-21(22)25-23-15-6-7-16-24(23)33(32-25)20-11-2-1-3-12-20/h1-17H,(H,31,34). The number of alkyl halides is 3. The molecule has 0 radical (unpaired) electrons. The molecule has 0 spiro atoms. The van der Waals surface area contributed by atoms with Crippen LogP contribution in [0.4, 0.5) is 18.9 Å². The molecule has 0 fully saturated rings. The highest BCUT2D eigenvalue weighted by molar-refractivity contribution is 6.10. The van der Waals surface area contributed by atoms with Crippen LogP contribution < -0.4 is 5.32 Å². The molecule has 1 amide bonds. The van der Waals surface area contributed by atoms with E-state index in [0.29, 0.717) is 16.8 Å². The van der Waals surface area contributed by atoms with Crippen LogP contribution in [-0.2, 0) is 6.18 Å². The molecule has 7 heteroatoms. The number of hydrogen-bond acceptors (Lipinski definition) is 2. The zero-order valence-corrected chi connectivity index (χ0v) is 17.8. The van der Waals surface area contributed by atoms with Gasteiger partial charge in [-0.3, -0.25) is 4.79 Å². The lowest BCUT2D eigenvalue weighted by atomic mass is 10.0. The zero-order valence-electron chi connectivity index (χ0n) is 17.8. The predicted molar refractivity (Wildman–Crippen MR) is 126 cm³/mol. The molecule has 1 heterocycles. The van der Waals surface area contributed by atoms with E-state index in [2.05, 4.69) is 5.32 Å². The van der Waals surface area contributed by atoms with Gasteiger partial charge in [-0.1, -0.05) is 60.7 Å². The summed E-state index contributed by atoms with van der Waals surface area (Å²) >= 11 is 0. The number of nitrogens with one attached hydrogen (secondary N) is 1. The van der Waals surface area contributed by atoms with Crippen molar-refractivity contribution in [3.8, 4) is 16.9 Å². The van der Waals surface area contributed by atoms with Crippen molar-refractivity contribution in [2.24, 2.45) is 0 Å². The number of anilines is 1. The molecule has 0 bridgehead atoms. The van der Waals surface area contributed by atoms with Gasteiger partial charge < -0.3 is 5.32 Å². The van der Waals surface area contributed by atoms with Gasteiger partial charge in [-0.05, 0) is 42.5 Å². The van der Waals surface area contributed by atoms with E-state index >= 15 is 0 Å².